The van der Waals surface area contributed by atoms with Crippen LogP contribution in [0.2, 0.25) is 0 Å². The number of piperidine rings is 1. The number of nitrogens with one attached hydrogen (secondary N) is 1. The summed E-state index contributed by atoms with van der Waals surface area (Å²) in [7, 11) is 0. The van der Waals surface area contributed by atoms with Crippen LogP contribution >= 0.6 is 0 Å². The number of rotatable bonds is 5. The van der Waals surface area contributed by atoms with E-state index in [0.29, 0.717) is 32.2 Å². The second kappa shape index (κ2) is 8.12. The standard InChI is InChI=1S/C19H23N3O4/c23-17-8-6-16(20-21-17)7-9-18(24)22-10-2-5-15(12-22)13-3-1-4-14(11-13)19(25)26/h1,3-4,11,15H,2,5-10,12H2,(H,21,23)(H,25,26)/t15-/m0/s1. The van der Waals surface area contributed by atoms with E-state index < -0.39 is 5.97 Å². The van der Waals surface area contributed by atoms with Crippen molar-refractivity contribution in [2.75, 3.05) is 13.1 Å². The van der Waals surface area contributed by atoms with Crippen molar-refractivity contribution in [3.05, 3.63) is 35.4 Å². The molecule has 0 radical (unpaired) electrons. The molecule has 138 valence electrons. The number of carbonyl (C=O) groups excluding carboxylic acids is 2. The maximum Gasteiger partial charge on any atom is 0.335 e. The molecule has 1 fully saturated rings. The first kappa shape index (κ1) is 18.1. The van der Waals surface area contributed by atoms with Crippen LogP contribution in [0, 0.1) is 0 Å². The van der Waals surface area contributed by atoms with Gasteiger partial charge in [0.25, 0.3) is 0 Å². The number of hydrogen-bond donors (Lipinski definition) is 2. The predicted octanol–water partition coefficient (Wildman–Crippen LogP) is 2.14. The van der Waals surface area contributed by atoms with Crippen molar-refractivity contribution in [3.8, 4) is 0 Å². The van der Waals surface area contributed by atoms with Crippen molar-refractivity contribution < 1.29 is 19.5 Å². The number of hydrogen-bond acceptors (Lipinski definition) is 4. The predicted molar refractivity (Wildman–Crippen MR) is 96.0 cm³/mol. The zero-order valence-corrected chi connectivity index (χ0v) is 14.6. The molecule has 0 bridgehead atoms. The minimum absolute atomic E-state index is 0.0810. The third-order valence-corrected chi connectivity index (χ3v) is 4.99. The van der Waals surface area contributed by atoms with Gasteiger partial charge in [-0.15, -0.1) is 0 Å². The molecule has 2 amide bonds. The maximum atomic E-state index is 12.5. The molecule has 0 saturated carbocycles. The molecule has 1 atom stereocenters. The van der Waals surface area contributed by atoms with Crippen molar-refractivity contribution >= 4 is 23.5 Å². The molecule has 1 aromatic carbocycles. The molecule has 0 aliphatic carbocycles. The average molecular weight is 357 g/mol. The Morgan fingerprint density at radius 3 is 2.88 bits per heavy atom. The quantitative estimate of drug-likeness (QED) is 0.843. The van der Waals surface area contributed by atoms with Gasteiger partial charge in [0.15, 0.2) is 0 Å². The van der Waals surface area contributed by atoms with Crippen molar-refractivity contribution in [1.82, 2.24) is 10.3 Å². The molecular formula is C19H23N3O4. The minimum Gasteiger partial charge on any atom is -0.478 e. The number of amides is 2. The van der Waals surface area contributed by atoms with Gasteiger partial charge in [0, 0.05) is 37.6 Å². The highest BCUT2D eigenvalue weighted by molar-refractivity contribution is 5.94. The van der Waals surface area contributed by atoms with Crippen LogP contribution in [0.3, 0.4) is 0 Å². The fourth-order valence-electron chi connectivity index (χ4n) is 3.50. The van der Waals surface area contributed by atoms with E-state index >= 15 is 0 Å². The molecule has 2 heterocycles. The van der Waals surface area contributed by atoms with E-state index in [1.165, 1.54) is 0 Å². The van der Waals surface area contributed by atoms with E-state index in [4.69, 9.17) is 5.11 Å². The highest BCUT2D eigenvalue weighted by Gasteiger charge is 2.25. The monoisotopic (exact) mass is 357 g/mol. The Morgan fingerprint density at radius 1 is 1.31 bits per heavy atom. The van der Waals surface area contributed by atoms with Gasteiger partial charge in [-0.1, -0.05) is 12.1 Å². The van der Waals surface area contributed by atoms with Crippen LogP contribution in [0.1, 0.15) is 60.4 Å². The molecule has 2 aliphatic heterocycles. The summed E-state index contributed by atoms with van der Waals surface area (Å²) in [5, 5.41) is 13.2. The normalized spacial score (nSPS) is 20.3. The third-order valence-electron chi connectivity index (χ3n) is 4.99. The molecule has 7 heteroatoms. The minimum atomic E-state index is -0.934. The number of likely N-dealkylation sites (tertiary alicyclic amines) is 1. The van der Waals surface area contributed by atoms with Crippen LogP contribution in [-0.4, -0.2) is 46.6 Å². The lowest BCUT2D eigenvalue weighted by Crippen LogP contribution is -2.39. The molecule has 3 rings (SSSR count). The van der Waals surface area contributed by atoms with E-state index in [-0.39, 0.29) is 23.3 Å². The Kier molecular flexibility index (Phi) is 5.65. The third kappa shape index (κ3) is 4.47. The van der Waals surface area contributed by atoms with Gasteiger partial charge in [0.1, 0.15) is 0 Å². The topological polar surface area (TPSA) is 99.1 Å². The Balaban J connectivity index is 1.57. The van der Waals surface area contributed by atoms with E-state index in [1.54, 1.807) is 18.2 Å². The zero-order chi connectivity index (χ0) is 18.5. The summed E-state index contributed by atoms with van der Waals surface area (Å²) >= 11 is 0. The van der Waals surface area contributed by atoms with Gasteiger partial charge in [0.2, 0.25) is 11.8 Å². The molecule has 1 saturated heterocycles. The lowest BCUT2D eigenvalue weighted by Gasteiger charge is -2.33. The second-order valence-corrected chi connectivity index (χ2v) is 6.82. The second-order valence-electron chi connectivity index (χ2n) is 6.82. The first-order valence-electron chi connectivity index (χ1n) is 8.98. The molecule has 0 spiro atoms. The molecular weight excluding hydrogens is 334 g/mol. The molecule has 0 unspecified atom stereocenters. The first-order valence-corrected chi connectivity index (χ1v) is 8.98. The van der Waals surface area contributed by atoms with Crippen molar-refractivity contribution in [2.24, 2.45) is 5.10 Å². The fraction of sp³-hybridized carbons (Fsp3) is 0.474. The lowest BCUT2D eigenvalue weighted by atomic mass is 9.89. The van der Waals surface area contributed by atoms with Gasteiger partial charge in [0.05, 0.1) is 5.56 Å². The molecule has 0 aromatic heterocycles. The number of carbonyl (C=O) groups is 3. The van der Waals surface area contributed by atoms with E-state index in [0.717, 1.165) is 30.7 Å². The fourth-order valence-corrected chi connectivity index (χ4v) is 3.50. The van der Waals surface area contributed by atoms with Gasteiger partial charge in [-0.3, -0.25) is 9.59 Å². The Bertz CT molecular complexity index is 744. The highest BCUT2D eigenvalue weighted by atomic mass is 16.4. The summed E-state index contributed by atoms with van der Waals surface area (Å²) in [6.45, 7) is 1.35. The largest absolute Gasteiger partial charge is 0.478 e. The number of aromatic carboxylic acids is 1. The van der Waals surface area contributed by atoms with Gasteiger partial charge in [-0.2, -0.15) is 5.10 Å². The van der Waals surface area contributed by atoms with Crippen molar-refractivity contribution in [2.45, 2.75) is 44.4 Å². The summed E-state index contributed by atoms with van der Waals surface area (Å²) in [5.74, 6) is -0.763. The van der Waals surface area contributed by atoms with Gasteiger partial charge >= 0.3 is 5.97 Å². The SMILES string of the molecule is O=C1CCC(CCC(=O)N2CCC[C@H](c3cccc(C(=O)O)c3)C2)=NN1. The first-order chi connectivity index (χ1) is 12.5. The highest BCUT2D eigenvalue weighted by Crippen LogP contribution is 2.28. The van der Waals surface area contributed by atoms with Crippen LogP contribution in [0.4, 0.5) is 0 Å². The average Bonchev–Trinajstić information content (AvgIpc) is 2.67. The van der Waals surface area contributed by atoms with Crippen LogP contribution in [-0.2, 0) is 9.59 Å². The maximum absolute atomic E-state index is 12.5. The van der Waals surface area contributed by atoms with Gasteiger partial charge in [-0.25, -0.2) is 10.2 Å². The lowest BCUT2D eigenvalue weighted by molar-refractivity contribution is -0.132. The van der Waals surface area contributed by atoms with Crippen molar-refractivity contribution in [1.29, 1.82) is 0 Å². The van der Waals surface area contributed by atoms with E-state index in [9.17, 15) is 14.4 Å². The van der Waals surface area contributed by atoms with Crippen LogP contribution in [0.5, 0.6) is 0 Å². The number of hydrazone groups is 1. The molecule has 2 aliphatic rings. The Morgan fingerprint density at radius 2 is 2.15 bits per heavy atom. The van der Waals surface area contributed by atoms with Crippen LogP contribution < -0.4 is 5.43 Å². The molecule has 1 aromatic rings. The summed E-state index contributed by atoms with van der Waals surface area (Å²) in [6, 6.07) is 6.99. The zero-order valence-electron chi connectivity index (χ0n) is 14.6. The van der Waals surface area contributed by atoms with Gasteiger partial charge in [-0.05, 0) is 43.4 Å². The van der Waals surface area contributed by atoms with E-state index in [2.05, 4.69) is 10.5 Å². The number of carboxylic acid groups (broad SMARTS) is 1. The van der Waals surface area contributed by atoms with Crippen LogP contribution in [0.15, 0.2) is 29.4 Å². The summed E-state index contributed by atoms with van der Waals surface area (Å²) in [6.07, 6.45) is 3.85. The molecule has 2 N–H and O–H groups in total. The van der Waals surface area contributed by atoms with Crippen molar-refractivity contribution in [3.63, 3.8) is 0 Å². The number of nitrogens with zero attached hydrogens (tertiary/aromatic N) is 2. The van der Waals surface area contributed by atoms with Gasteiger partial charge < -0.3 is 10.0 Å². The number of benzene rings is 1. The Hall–Kier alpha value is -2.70. The van der Waals surface area contributed by atoms with E-state index in [1.807, 2.05) is 11.0 Å². The summed E-state index contributed by atoms with van der Waals surface area (Å²) in [4.78, 5) is 36.7. The molecule has 7 nitrogen and oxygen atoms in total. The summed E-state index contributed by atoms with van der Waals surface area (Å²) < 4.78 is 0. The van der Waals surface area contributed by atoms with Crippen LogP contribution in [0.25, 0.3) is 0 Å². The number of carboxylic acids is 1. The summed E-state index contributed by atoms with van der Waals surface area (Å²) in [5.41, 5.74) is 4.57. The molecule has 26 heavy (non-hydrogen) atoms. The Labute approximate surface area is 152 Å². The smallest absolute Gasteiger partial charge is 0.335 e.